The Morgan fingerprint density at radius 2 is 1.45 bits per heavy atom. The van der Waals surface area contributed by atoms with Crippen LogP contribution in [0.15, 0.2) is 53.4 Å². The zero-order valence-electron chi connectivity index (χ0n) is 12.2. The molecular formula is C16H15NO4S. The number of sulfonamides is 1. The van der Waals surface area contributed by atoms with Crippen molar-refractivity contribution in [2.75, 3.05) is 4.72 Å². The maximum atomic E-state index is 12.3. The largest absolute Gasteiger partial charge is 0.295 e. The first-order valence-corrected chi connectivity index (χ1v) is 8.03. The number of hydrogen-bond acceptors (Lipinski definition) is 4. The summed E-state index contributed by atoms with van der Waals surface area (Å²) in [6, 6.07) is 11.9. The van der Waals surface area contributed by atoms with E-state index in [1.807, 2.05) is 0 Å². The van der Waals surface area contributed by atoms with Gasteiger partial charge in [0.15, 0.2) is 11.6 Å². The van der Waals surface area contributed by atoms with Gasteiger partial charge >= 0.3 is 0 Å². The summed E-state index contributed by atoms with van der Waals surface area (Å²) >= 11 is 0. The fourth-order valence-corrected chi connectivity index (χ4v) is 2.97. The summed E-state index contributed by atoms with van der Waals surface area (Å²) in [5.41, 5.74) is 1.18. The van der Waals surface area contributed by atoms with Crippen LogP contribution >= 0.6 is 0 Å². The van der Waals surface area contributed by atoms with Crippen molar-refractivity contribution in [1.82, 2.24) is 0 Å². The molecule has 0 radical (unpaired) electrons. The van der Waals surface area contributed by atoms with Crippen LogP contribution in [0.2, 0.25) is 0 Å². The van der Waals surface area contributed by atoms with Gasteiger partial charge in [0.25, 0.3) is 10.0 Å². The molecular weight excluding hydrogens is 302 g/mol. The summed E-state index contributed by atoms with van der Waals surface area (Å²) in [6.07, 6.45) is 0. The van der Waals surface area contributed by atoms with Gasteiger partial charge in [-0.25, -0.2) is 8.42 Å². The first-order chi connectivity index (χ1) is 10.3. The topological polar surface area (TPSA) is 80.3 Å². The van der Waals surface area contributed by atoms with Crippen LogP contribution in [0.25, 0.3) is 0 Å². The Hall–Kier alpha value is -2.47. The van der Waals surface area contributed by atoms with Gasteiger partial charge in [0, 0.05) is 16.8 Å². The second kappa shape index (κ2) is 6.11. The Morgan fingerprint density at radius 1 is 0.864 bits per heavy atom. The predicted octanol–water partition coefficient (Wildman–Crippen LogP) is 2.89. The number of rotatable bonds is 5. The average Bonchev–Trinajstić information content (AvgIpc) is 2.47. The minimum Gasteiger partial charge on any atom is -0.295 e. The molecule has 6 heteroatoms. The molecule has 5 nitrogen and oxygen atoms in total. The molecule has 0 saturated carbocycles. The number of carbonyl (C=O) groups is 2. The number of nitrogens with one attached hydrogen (secondary N) is 1. The number of benzene rings is 2. The van der Waals surface area contributed by atoms with Crippen LogP contribution in [0.5, 0.6) is 0 Å². The normalized spacial score (nSPS) is 11.0. The average molecular weight is 317 g/mol. The highest BCUT2D eigenvalue weighted by Gasteiger charge is 2.15. The van der Waals surface area contributed by atoms with Gasteiger partial charge in [0.05, 0.1) is 4.90 Å². The molecule has 2 aromatic carbocycles. The van der Waals surface area contributed by atoms with Crippen LogP contribution < -0.4 is 4.72 Å². The summed E-state index contributed by atoms with van der Waals surface area (Å²) in [5, 5.41) is 0. The zero-order valence-corrected chi connectivity index (χ0v) is 13.0. The quantitative estimate of drug-likeness (QED) is 0.860. The maximum Gasteiger partial charge on any atom is 0.261 e. The van der Waals surface area contributed by atoms with Gasteiger partial charge < -0.3 is 0 Å². The predicted molar refractivity (Wildman–Crippen MR) is 83.7 cm³/mol. The summed E-state index contributed by atoms with van der Waals surface area (Å²) in [5.74, 6) is -0.300. The van der Waals surface area contributed by atoms with Crippen molar-refractivity contribution in [2.24, 2.45) is 0 Å². The summed E-state index contributed by atoms with van der Waals surface area (Å²) < 4.78 is 27.0. The monoisotopic (exact) mass is 317 g/mol. The van der Waals surface area contributed by atoms with Crippen molar-refractivity contribution in [2.45, 2.75) is 18.7 Å². The Kier molecular flexibility index (Phi) is 4.42. The van der Waals surface area contributed by atoms with Gasteiger partial charge in [-0.05, 0) is 50.2 Å². The van der Waals surface area contributed by atoms with Gasteiger partial charge in [-0.3, -0.25) is 14.3 Å². The van der Waals surface area contributed by atoms with Crippen LogP contribution in [0, 0.1) is 0 Å². The Balaban J connectivity index is 2.29. The van der Waals surface area contributed by atoms with Gasteiger partial charge in [0.1, 0.15) is 0 Å². The van der Waals surface area contributed by atoms with Crippen LogP contribution in [0.4, 0.5) is 5.69 Å². The first-order valence-electron chi connectivity index (χ1n) is 6.54. The van der Waals surface area contributed by atoms with Crippen molar-refractivity contribution in [1.29, 1.82) is 0 Å². The molecule has 0 spiro atoms. The molecule has 2 rings (SSSR count). The smallest absolute Gasteiger partial charge is 0.261 e. The zero-order chi connectivity index (χ0) is 16.3. The highest BCUT2D eigenvalue weighted by molar-refractivity contribution is 7.92. The Labute approximate surface area is 129 Å². The van der Waals surface area contributed by atoms with Crippen LogP contribution in [0.1, 0.15) is 34.6 Å². The van der Waals surface area contributed by atoms with Crippen LogP contribution in [-0.2, 0) is 10.0 Å². The molecule has 0 aliphatic heterocycles. The third kappa shape index (κ3) is 3.59. The van der Waals surface area contributed by atoms with Gasteiger partial charge in [0.2, 0.25) is 0 Å². The van der Waals surface area contributed by atoms with Gasteiger partial charge in [-0.1, -0.05) is 12.1 Å². The molecule has 0 saturated heterocycles. The number of Topliss-reactive ketones (excluding diaryl/α,β-unsaturated/α-hetero) is 2. The second-order valence-corrected chi connectivity index (χ2v) is 6.51. The summed E-state index contributed by atoms with van der Waals surface area (Å²) in [6.45, 7) is 2.81. The lowest BCUT2D eigenvalue weighted by atomic mass is 10.1. The number of carbonyl (C=O) groups excluding carboxylic acids is 2. The van der Waals surface area contributed by atoms with E-state index in [9.17, 15) is 18.0 Å². The van der Waals surface area contributed by atoms with Crippen LogP contribution in [-0.4, -0.2) is 20.0 Å². The van der Waals surface area contributed by atoms with Crippen molar-refractivity contribution >= 4 is 27.3 Å². The standard InChI is InChI=1S/C16H15NO4S/c1-11(18)13-6-8-15(9-7-13)17-22(20,21)16-5-3-4-14(10-16)12(2)19/h3-10,17H,1-2H3. The molecule has 0 aliphatic carbocycles. The fourth-order valence-electron chi connectivity index (χ4n) is 1.87. The van der Waals surface area contributed by atoms with E-state index < -0.39 is 10.0 Å². The van der Waals surface area contributed by atoms with Crippen molar-refractivity contribution in [3.05, 3.63) is 59.7 Å². The highest BCUT2D eigenvalue weighted by atomic mass is 32.2. The van der Waals surface area contributed by atoms with Crippen molar-refractivity contribution in [3.63, 3.8) is 0 Å². The van der Waals surface area contributed by atoms with E-state index in [1.165, 1.54) is 44.2 Å². The summed E-state index contributed by atoms with van der Waals surface area (Å²) in [4.78, 5) is 22.5. The molecule has 0 unspecified atom stereocenters. The van der Waals surface area contributed by atoms with E-state index in [2.05, 4.69) is 4.72 Å². The molecule has 2 aromatic rings. The minimum absolute atomic E-state index is 0.0100. The molecule has 0 atom stereocenters. The SMILES string of the molecule is CC(=O)c1ccc(NS(=O)(=O)c2cccc(C(C)=O)c2)cc1. The molecule has 0 bridgehead atoms. The molecule has 0 aromatic heterocycles. The lowest BCUT2D eigenvalue weighted by Gasteiger charge is -2.09. The molecule has 0 fully saturated rings. The third-order valence-corrected chi connectivity index (χ3v) is 4.47. The van der Waals surface area contributed by atoms with Gasteiger partial charge in [-0.2, -0.15) is 0 Å². The number of anilines is 1. The summed E-state index contributed by atoms with van der Waals surface area (Å²) in [7, 11) is -3.79. The van der Waals surface area contributed by atoms with E-state index in [-0.39, 0.29) is 16.5 Å². The Bertz CT molecular complexity index is 823. The first kappa shape index (κ1) is 15.9. The fraction of sp³-hybridized carbons (Fsp3) is 0.125. The lowest BCUT2D eigenvalue weighted by molar-refractivity contribution is 0.100. The molecule has 1 N–H and O–H groups in total. The number of ketones is 2. The molecule has 0 amide bonds. The highest BCUT2D eigenvalue weighted by Crippen LogP contribution is 2.18. The molecule has 114 valence electrons. The molecule has 22 heavy (non-hydrogen) atoms. The van der Waals surface area contributed by atoms with Crippen molar-refractivity contribution in [3.8, 4) is 0 Å². The van der Waals surface area contributed by atoms with Crippen molar-refractivity contribution < 1.29 is 18.0 Å². The molecule has 0 heterocycles. The third-order valence-electron chi connectivity index (χ3n) is 3.09. The number of hydrogen-bond donors (Lipinski definition) is 1. The van der Waals surface area contributed by atoms with E-state index in [4.69, 9.17) is 0 Å². The molecule has 0 aliphatic rings. The van der Waals surface area contributed by atoms with E-state index in [0.29, 0.717) is 16.8 Å². The Morgan fingerprint density at radius 3 is 2.00 bits per heavy atom. The van der Waals surface area contributed by atoms with Crippen LogP contribution in [0.3, 0.4) is 0 Å². The van der Waals surface area contributed by atoms with E-state index in [1.54, 1.807) is 18.2 Å². The minimum atomic E-state index is -3.79. The maximum absolute atomic E-state index is 12.3. The second-order valence-electron chi connectivity index (χ2n) is 4.82. The lowest BCUT2D eigenvalue weighted by Crippen LogP contribution is -2.13. The van der Waals surface area contributed by atoms with E-state index in [0.717, 1.165) is 0 Å². The van der Waals surface area contributed by atoms with E-state index >= 15 is 0 Å². The van der Waals surface area contributed by atoms with Gasteiger partial charge in [-0.15, -0.1) is 0 Å².